The number of anilines is 1. The molecule has 6 heteroatoms. The van der Waals surface area contributed by atoms with Gasteiger partial charge in [-0.15, -0.1) is 0 Å². The van der Waals surface area contributed by atoms with Gasteiger partial charge < -0.3 is 0 Å². The Labute approximate surface area is 91.8 Å². The topological polar surface area (TPSA) is 85.9 Å². The van der Waals surface area contributed by atoms with E-state index in [0.29, 0.717) is 5.69 Å². The van der Waals surface area contributed by atoms with Gasteiger partial charge in [0.1, 0.15) is 0 Å². The number of nitriles is 1. The van der Waals surface area contributed by atoms with Crippen LogP contribution in [-0.2, 0) is 0 Å². The summed E-state index contributed by atoms with van der Waals surface area (Å²) in [6.45, 7) is 1.43. The molecule has 1 aromatic rings. The van der Waals surface area contributed by atoms with E-state index in [1.54, 1.807) is 36.4 Å². The Kier molecular flexibility index (Phi) is 3.86. The summed E-state index contributed by atoms with van der Waals surface area (Å²) in [6.07, 6.45) is 0. The maximum atomic E-state index is 11.0. The summed E-state index contributed by atoms with van der Waals surface area (Å²) in [4.78, 5) is 23.0. The van der Waals surface area contributed by atoms with E-state index in [1.807, 2.05) is 0 Å². The number of benzene rings is 1. The van der Waals surface area contributed by atoms with Gasteiger partial charge in [0.25, 0.3) is 0 Å². The van der Waals surface area contributed by atoms with E-state index < -0.39 is 12.1 Å². The van der Waals surface area contributed by atoms with Gasteiger partial charge in [-0.2, -0.15) is 5.26 Å². The molecule has 0 saturated heterocycles. The average molecular weight is 216 g/mol. The van der Waals surface area contributed by atoms with Gasteiger partial charge in [-0.05, 0) is 12.1 Å². The van der Waals surface area contributed by atoms with Crippen LogP contribution >= 0.6 is 0 Å². The quantitative estimate of drug-likeness (QED) is 0.723. The molecule has 80 valence electrons. The molecular formula is C10H8N4O2. The molecule has 0 atom stereocenters. The number of nitrogens with zero attached hydrogens (tertiary/aromatic N) is 4. The fraction of sp³-hybridized carbons (Fsp3) is 0.100. The summed E-state index contributed by atoms with van der Waals surface area (Å²) >= 11 is 0. The van der Waals surface area contributed by atoms with Gasteiger partial charge in [0.05, 0.1) is 11.8 Å². The maximum absolute atomic E-state index is 11.0. The second-order valence-corrected chi connectivity index (χ2v) is 2.66. The van der Waals surface area contributed by atoms with Crippen molar-refractivity contribution in [2.45, 2.75) is 6.92 Å². The molecule has 0 radical (unpaired) electrons. The van der Waals surface area contributed by atoms with Crippen LogP contribution in [-0.4, -0.2) is 12.1 Å². The molecule has 1 aromatic carbocycles. The van der Waals surface area contributed by atoms with Gasteiger partial charge in [-0.3, -0.25) is 0 Å². The molecule has 0 N–H and O–H groups in total. The van der Waals surface area contributed by atoms with Crippen LogP contribution in [0.2, 0.25) is 0 Å². The van der Waals surface area contributed by atoms with Gasteiger partial charge in [0.2, 0.25) is 0 Å². The van der Waals surface area contributed by atoms with Crippen molar-refractivity contribution in [3.8, 4) is 6.07 Å². The predicted molar refractivity (Wildman–Crippen MR) is 55.9 cm³/mol. The standard InChI is InChI=1S/C8H5N3O2.C2H3N/c12-7-9-10-8(13)11(7)6-4-2-1-3-5-6;1-2-3/h1-5H;1H3. The number of hydrogen-bond donors (Lipinski definition) is 0. The molecule has 0 fully saturated rings. The van der Waals surface area contributed by atoms with Gasteiger partial charge in [-0.25, -0.2) is 14.5 Å². The SMILES string of the molecule is CC#N.O=C1N=NC(=O)N1c1ccccc1. The number of carbonyl (C=O) groups is 2. The third-order valence-corrected chi connectivity index (χ3v) is 1.62. The van der Waals surface area contributed by atoms with Crippen molar-refractivity contribution in [1.29, 1.82) is 5.26 Å². The fourth-order valence-electron chi connectivity index (χ4n) is 1.05. The molecule has 0 aromatic heterocycles. The lowest BCUT2D eigenvalue weighted by Crippen LogP contribution is -2.27. The highest BCUT2D eigenvalue weighted by Gasteiger charge is 2.28. The van der Waals surface area contributed by atoms with Gasteiger partial charge in [0.15, 0.2) is 0 Å². The van der Waals surface area contributed by atoms with Crippen molar-refractivity contribution in [3.05, 3.63) is 30.3 Å². The first kappa shape index (κ1) is 11.5. The van der Waals surface area contributed by atoms with Crippen LogP contribution in [0.3, 0.4) is 0 Å². The molecule has 16 heavy (non-hydrogen) atoms. The number of carbonyl (C=O) groups excluding carboxylic acids is 2. The Hall–Kier alpha value is -2.55. The van der Waals surface area contributed by atoms with Crippen LogP contribution < -0.4 is 4.90 Å². The molecule has 0 aliphatic carbocycles. The van der Waals surface area contributed by atoms with Crippen molar-refractivity contribution in [1.82, 2.24) is 0 Å². The van der Waals surface area contributed by atoms with Gasteiger partial charge in [0, 0.05) is 6.92 Å². The molecular weight excluding hydrogens is 208 g/mol. The van der Waals surface area contributed by atoms with Crippen LogP contribution in [0.4, 0.5) is 15.3 Å². The molecule has 1 heterocycles. The minimum absolute atomic E-state index is 0.488. The summed E-state index contributed by atoms with van der Waals surface area (Å²) in [5.74, 6) is 0. The first-order chi connectivity index (χ1) is 7.70. The number of para-hydroxylation sites is 1. The van der Waals surface area contributed by atoms with Crippen molar-refractivity contribution in [3.63, 3.8) is 0 Å². The van der Waals surface area contributed by atoms with E-state index >= 15 is 0 Å². The van der Waals surface area contributed by atoms with E-state index in [1.165, 1.54) is 6.92 Å². The van der Waals surface area contributed by atoms with Crippen LogP contribution in [0.5, 0.6) is 0 Å². The first-order valence-corrected chi connectivity index (χ1v) is 4.36. The summed E-state index contributed by atoms with van der Waals surface area (Å²) < 4.78 is 0. The zero-order chi connectivity index (χ0) is 12.0. The van der Waals surface area contributed by atoms with Crippen LogP contribution in [0.1, 0.15) is 6.92 Å². The molecule has 6 nitrogen and oxygen atoms in total. The van der Waals surface area contributed by atoms with E-state index in [0.717, 1.165) is 4.90 Å². The molecule has 0 saturated carbocycles. The zero-order valence-corrected chi connectivity index (χ0v) is 8.49. The largest absolute Gasteiger partial charge is 0.375 e. The summed E-state index contributed by atoms with van der Waals surface area (Å²) in [7, 11) is 0. The smallest absolute Gasteiger partial charge is 0.243 e. The van der Waals surface area contributed by atoms with Gasteiger partial charge >= 0.3 is 12.1 Å². The number of imide groups is 1. The van der Waals surface area contributed by atoms with Gasteiger partial charge in [-0.1, -0.05) is 28.4 Å². The van der Waals surface area contributed by atoms with Crippen molar-refractivity contribution < 1.29 is 9.59 Å². The average Bonchev–Trinajstić information content (AvgIpc) is 2.61. The van der Waals surface area contributed by atoms with Crippen LogP contribution in [0, 0.1) is 11.3 Å². The molecule has 0 spiro atoms. The number of azo groups is 1. The maximum Gasteiger partial charge on any atom is 0.375 e. The van der Waals surface area contributed by atoms with Crippen molar-refractivity contribution in [2.24, 2.45) is 10.2 Å². The lowest BCUT2D eigenvalue weighted by molar-refractivity contribution is 0.249. The minimum Gasteiger partial charge on any atom is -0.243 e. The number of rotatable bonds is 1. The zero-order valence-electron chi connectivity index (χ0n) is 8.49. The van der Waals surface area contributed by atoms with Crippen molar-refractivity contribution >= 4 is 17.7 Å². The fourth-order valence-corrected chi connectivity index (χ4v) is 1.05. The lowest BCUT2D eigenvalue weighted by atomic mass is 10.3. The molecule has 2 rings (SSSR count). The monoisotopic (exact) mass is 216 g/mol. The first-order valence-electron chi connectivity index (χ1n) is 4.36. The Balaban J connectivity index is 0.000000386. The molecule has 1 aliphatic heterocycles. The molecule has 0 unspecified atom stereocenters. The lowest BCUT2D eigenvalue weighted by Gasteiger charge is -2.08. The predicted octanol–water partition coefficient (Wildman–Crippen LogP) is 2.73. The molecule has 1 aliphatic rings. The number of amides is 4. The van der Waals surface area contributed by atoms with E-state index in [9.17, 15) is 9.59 Å². The number of hydrogen-bond acceptors (Lipinski definition) is 3. The summed E-state index contributed by atoms with van der Waals surface area (Å²) in [6, 6.07) is 9.01. The van der Waals surface area contributed by atoms with Crippen molar-refractivity contribution in [2.75, 3.05) is 4.90 Å². The Morgan fingerprint density at radius 3 is 2.00 bits per heavy atom. The highest BCUT2D eigenvalue weighted by atomic mass is 16.2. The molecule has 4 amide bonds. The minimum atomic E-state index is -0.642. The molecule has 0 bridgehead atoms. The Morgan fingerprint density at radius 1 is 1.12 bits per heavy atom. The highest BCUT2D eigenvalue weighted by Crippen LogP contribution is 2.19. The van der Waals surface area contributed by atoms with Crippen LogP contribution in [0.15, 0.2) is 40.6 Å². The summed E-state index contributed by atoms with van der Waals surface area (Å²) in [5, 5.41) is 13.6. The second-order valence-electron chi connectivity index (χ2n) is 2.66. The Morgan fingerprint density at radius 2 is 1.56 bits per heavy atom. The normalized spacial score (nSPS) is 13.1. The second kappa shape index (κ2) is 5.36. The third kappa shape index (κ3) is 2.48. The summed E-state index contributed by atoms with van der Waals surface area (Å²) in [5.41, 5.74) is 0.488. The highest BCUT2D eigenvalue weighted by molar-refractivity contribution is 6.17. The third-order valence-electron chi connectivity index (χ3n) is 1.62. The van der Waals surface area contributed by atoms with E-state index in [-0.39, 0.29) is 0 Å². The Bertz CT molecular complexity index is 443. The number of urea groups is 2. The van der Waals surface area contributed by atoms with E-state index in [2.05, 4.69) is 10.2 Å². The van der Waals surface area contributed by atoms with E-state index in [4.69, 9.17) is 5.26 Å². The van der Waals surface area contributed by atoms with Crippen LogP contribution in [0.25, 0.3) is 0 Å².